The molecule has 124 valence electrons. The quantitative estimate of drug-likeness (QED) is 0.765. The molecule has 0 saturated carbocycles. The summed E-state index contributed by atoms with van der Waals surface area (Å²) in [5.74, 6) is -0.820. The van der Waals surface area contributed by atoms with Gasteiger partial charge in [-0.15, -0.1) is 10.2 Å². The van der Waals surface area contributed by atoms with E-state index >= 15 is 0 Å². The summed E-state index contributed by atoms with van der Waals surface area (Å²) in [5, 5.41) is 9.81. The fourth-order valence-electron chi connectivity index (χ4n) is 1.98. The monoisotopic (exact) mass is 335 g/mol. The van der Waals surface area contributed by atoms with E-state index in [0.29, 0.717) is 11.5 Å². The SMILES string of the molecule is C[C@H](Nc1ncc(-c2nnc(C(F)F)o2)cn1)c1ccc(F)cc1. The van der Waals surface area contributed by atoms with Crippen LogP contribution >= 0.6 is 0 Å². The molecule has 1 aromatic carbocycles. The molecule has 0 bridgehead atoms. The molecule has 6 nitrogen and oxygen atoms in total. The Labute approximate surface area is 134 Å². The number of hydrogen-bond donors (Lipinski definition) is 1. The molecule has 0 aliphatic carbocycles. The Kier molecular flexibility index (Phi) is 4.41. The highest BCUT2D eigenvalue weighted by Crippen LogP contribution is 2.23. The van der Waals surface area contributed by atoms with Crippen LogP contribution < -0.4 is 5.32 Å². The summed E-state index contributed by atoms with van der Waals surface area (Å²) < 4.78 is 42.6. The van der Waals surface area contributed by atoms with Gasteiger partial charge >= 0.3 is 6.43 Å². The molecule has 0 saturated heterocycles. The van der Waals surface area contributed by atoms with Gasteiger partial charge in [0.1, 0.15) is 5.82 Å². The Bertz CT molecular complexity index is 805. The molecule has 9 heteroatoms. The number of nitrogens with one attached hydrogen (secondary N) is 1. The summed E-state index contributed by atoms with van der Waals surface area (Å²) in [7, 11) is 0. The van der Waals surface area contributed by atoms with Gasteiger partial charge in [0, 0.05) is 12.4 Å². The van der Waals surface area contributed by atoms with E-state index in [4.69, 9.17) is 4.42 Å². The van der Waals surface area contributed by atoms with Gasteiger partial charge in [-0.1, -0.05) is 12.1 Å². The lowest BCUT2D eigenvalue weighted by Gasteiger charge is -2.14. The molecular weight excluding hydrogens is 323 g/mol. The molecular formula is C15H12F3N5O. The number of hydrogen-bond acceptors (Lipinski definition) is 6. The molecule has 2 aromatic heterocycles. The number of benzene rings is 1. The standard InChI is InChI=1S/C15H12F3N5O/c1-8(9-2-4-11(16)5-3-9)21-15-19-6-10(7-20-15)13-22-23-14(24-13)12(17)18/h2-8,12H,1H3,(H,19,20,21)/t8-/m0/s1. The molecule has 2 heterocycles. The van der Waals surface area contributed by atoms with E-state index in [1.807, 2.05) is 6.92 Å². The van der Waals surface area contributed by atoms with Gasteiger partial charge in [-0.05, 0) is 24.6 Å². The molecule has 1 atom stereocenters. The minimum Gasteiger partial charge on any atom is -0.415 e. The molecule has 3 rings (SSSR count). The molecule has 0 fully saturated rings. The van der Waals surface area contributed by atoms with Gasteiger partial charge in [0.2, 0.25) is 5.95 Å². The lowest BCUT2D eigenvalue weighted by Crippen LogP contribution is -2.09. The highest BCUT2D eigenvalue weighted by molar-refractivity contribution is 5.50. The van der Waals surface area contributed by atoms with Gasteiger partial charge in [-0.3, -0.25) is 0 Å². The molecule has 0 amide bonds. The van der Waals surface area contributed by atoms with E-state index in [0.717, 1.165) is 5.56 Å². The van der Waals surface area contributed by atoms with E-state index in [2.05, 4.69) is 25.5 Å². The first kappa shape index (κ1) is 15.9. The first-order valence-corrected chi connectivity index (χ1v) is 6.99. The number of halogens is 3. The van der Waals surface area contributed by atoms with Crippen LogP contribution in [0.15, 0.2) is 41.1 Å². The average molecular weight is 335 g/mol. The fourth-order valence-corrected chi connectivity index (χ4v) is 1.98. The van der Waals surface area contributed by atoms with Crippen LogP contribution in [0.4, 0.5) is 19.1 Å². The molecule has 0 radical (unpaired) electrons. The second-order valence-electron chi connectivity index (χ2n) is 4.96. The van der Waals surface area contributed by atoms with Crippen molar-refractivity contribution in [1.82, 2.24) is 20.2 Å². The average Bonchev–Trinajstić information content (AvgIpc) is 3.06. The maximum absolute atomic E-state index is 12.9. The van der Waals surface area contributed by atoms with Gasteiger partial charge < -0.3 is 9.73 Å². The minimum absolute atomic E-state index is 0.0802. The topological polar surface area (TPSA) is 76.7 Å². The van der Waals surface area contributed by atoms with Crippen molar-refractivity contribution in [3.63, 3.8) is 0 Å². The third-order valence-electron chi connectivity index (χ3n) is 3.24. The Morgan fingerprint density at radius 2 is 1.71 bits per heavy atom. The third kappa shape index (κ3) is 3.50. The van der Waals surface area contributed by atoms with Gasteiger partial charge in [-0.2, -0.15) is 8.78 Å². The summed E-state index contributed by atoms with van der Waals surface area (Å²) in [6.45, 7) is 1.87. The normalized spacial score (nSPS) is 12.4. The largest absolute Gasteiger partial charge is 0.415 e. The van der Waals surface area contributed by atoms with Gasteiger partial charge in [0.05, 0.1) is 11.6 Å². The van der Waals surface area contributed by atoms with E-state index < -0.39 is 12.3 Å². The third-order valence-corrected chi connectivity index (χ3v) is 3.24. The first-order chi connectivity index (χ1) is 11.5. The van der Waals surface area contributed by atoms with Crippen LogP contribution in [0, 0.1) is 5.82 Å². The van der Waals surface area contributed by atoms with Crippen LogP contribution in [0.2, 0.25) is 0 Å². The van der Waals surface area contributed by atoms with E-state index in [1.165, 1.54) is 24.5 Å². The van der Waals surface area contributed by atoms with Crippen LogP contribution in [-0.2, 0) is 0 Å². The van der Waals surface area contributed by atoms with Crippen molar-refractivity contribution < 1.29 is 17.6 Å². The Balaban J connectivity index is 1.70. The van der Waals surface area contributed by atoms with E-state index in [9.17, 15) is 13.2 Å². The van der Waals surface area contributed by atoms with Crippen molar-refractivity contribution >= 4 is 5.95 Å². The number of aromatic nitrogens is 4. The van der Waals surface area contributed by atoms with Crippen LogP contribution in [0.1, 0.15) is 30.8 Å². The van der Waals surface area contributed by atoms with Crippen molar-refractivity contribution in [1.29, 1.82) is 0 Å². The summed E-state index contributed by atoms with van der Waals surface area (Å²) in [6, 6.07) is 5.91. The van der Waals surface area contributed by atoms with Gasteiger partial charge in [0.15, 0.2) is 0 Å². The van der Waals surface area contributed by atoms with Crippen molar-refractivity contribution in [3.05, 3.63) is 53.9 Å². The summed E-state index contributed by atoms with van der Waals surface area (Å²) in [5.41, 5.74) is 1.19. The lowest BCUT2D eigenvalue weighted by molar-refractivity contribution is 0.116. The summed E-state index contributed by atoms with van der Waals surface area (Å²) in [4.78, 5) is 8.16. The zero-order chi connectivity index (χ0) is 17.1. The highest BCUT2D eigenvalue weighted by atomic mass is 19.3. The zero-order valence-electron chi connectivity index (χ0n) is 12.4. The maximum Gasteiger partial charge on any atom is 0.314 e. The van der Waals surface area contributed by atoms with Crippen molar-refractivity contribution in [2.45, 2.75) is 19.4 Å². The smallest absolute Gasteiger partial charge is 0.314 e. The van der Waals surface area contributed by atoms with E-state index in [1.54, 1.807) is 12.1 Å². The Morgan fingerprint density at radius 3 is 2.29 bits per heavy atom. The minimum atomic E-state index is -2.83. The van der Waals surface area contributed by atoms with Crippen molar-refractivity contribution in [3.8, 4) is 11.5 Å². The first-order valence-electron chi connectivity index (χ1n) is 6.99. The number of nitrogens with zero attached hydrogens (tertiary/aromatic N) is 4. The molecule has 0 unspecified atom stereocenters. The molecule has 0 aliphatic heterocycles. The van der Waals surface area contributed by atoms with Crippen LogP contribution in [-0.4, -0.2) is 20.2 Å². The molecule has 0 aliphatic rings. The van der Waals surface area contributed by atoms with Gasteiger partial charge in [-0.25, -0.2) is 14.4 Å². The van der Waals surface area contributed by atoms with Crippen LogP contribution in [0.3, 0.4) is 0 Å². The number of alkyl halides is 2. The predicted octanol–water partition coefficient (Wildman–Crippen LogP) is 3.78. The molecule has 1 N–H and O–H groups in total. The number of rotatable bonds is 5. The number of anilines is 1. The summed E-state index contributed by atoms with van der Waals surface area (Å²) >= 11 is 0. The second-order valence-corrected chi connectivity index (χ2v) is 4.96. The fraction of sp³-hybridized carbons (Fsp3) is 0.200. The van der Waals surface area contributed by atoms with Crippen molar-refractivity contribution in [2.75, 3.05) is 5.32 Å². The zero-order valence-corrected chi connectivity index (χ0v) is 12.4. The Morgan fingerprint density at radius 1 is 1.04 bits per heavy atom. The second kappa shape index (κ2) is 6.65. The highest BCUT2D eigenvalue weighted by Gasteiger charge is 2.17. The Hall–Kier alpha value is -2.97. The van der Waals surface area contributed by atoms with Crippen LogP contribution in [0.5, 0.6) is 0 Å². The summed E-state index contributed by atoms with van der Waals surface area (Å²) in [6.07, 6.45) is -0.0602. The lowest BCUT2D eigenvalue weighted by atomic mass is 10.1. The maximum atomic E-state index is 12.9. The molecule has 0 spiro atoms. The molecule has 24 heavy (non-hydrogen) atoms. The predicted molar refractivity (Wildman–Crippen MR) is 78.7 cm³/mol. The van der Waals surface area contributed by atoms with Crippen LogP contribution in [0.25, 0.3) is 11.5 Å². The van der Waals surface area contributed by atoms with Crippen molar-refractivity contribution in [2.24, 2.45) is 0 Å². The molecule has 3 aromatic rings. The van der Waals surface area contributed by atoms with Gasteiger partial charge in [0.25, 0.3) is 11.8 Å². The van der Waals surface area contributed by atoms with E-state index in [-0.39, 0.29) is 17.7 Å².